The summed E-state index contributed by atoms with van der Waals surface area (Å²) in [6.45, 7) is 5.32. The Morgan fingerprint density at radius 3 is 2.50 bits per heavy atom. The zero-order chi connectivity index (χ0) is 32.2. The van der Waals surface area contributed by atoms with Crippen LogP contribution in [0.4, 0.5) is 4.39 Å². The number of carbonyl (C=O) groups is 2. The van der Waals surface area contributed by atoms with Gasteiger partial charge >= 0.3 is 0 Å². The zero-order valence-electron chi connectivity index (χ0n) is 26.2. The SMILES string of the molecule is CO[C@@H]1CN(C(=O)c2ccccc2F)C[C@@H](CC(C)C)N(C(=O)CN(C)Cc2ccccc2Cl)CCCCOC[C@@H](O)[C@H]1O. The number of halogens is 2. The molecule has 11 heteroatoms. The third kappa shape index (κ3) is 10.5. The van der Waals surface area contributed by atoms with Gasteiger partial charge in [0.15, 0.2) is 0 Å². The lowest BCUT2D eigenvalue weighted by molar-refractivity contribution is -0.136. The molecule has 1 aliphatic rings. The molecule has 9 nitrogen and oxygen atoms in total. The Labute approximate surface area is 265 Å². The van der Waals surface area contributed by atoms with E-state index in [-0.39, 0.29) is 43.6 Å². The molecular formula is C33H47ClFN3O6. The molecule has 2 aromatic rings. The molecule has 2 aromatic carbocycles. The van der Waals surface area contributed by atoms with E-state index < -0.39 is 36.1 Å². The molecule has 0 unspecified atom stereocenters. The van der Waals surface area contributed by atoms with E-state index in [0.717, 1.165) is 5.56 Å². The summed E-state index contributed by atoms with van der Waals surface area (Å²) < 4.78 is 26.0. The van der Waals surface area contributed by atoms with Crippen molar-refractivity contribution < 1.29 is 33.7 Å². The Balaban J connectivity index is 1.96. The maximum atomic E-state index is 14.9. The molecule has 0 aromatic heterocycles. The number of aliphatic hydroxyl groups is 2. The Morgan fingerprint density at radius 2 is 1.82 bits per heavy atom. The second-order valence-electron chi connectivity index (χ2n) is 11.9. The van der Waals surface area contributed by atoms with Crippen molar-refractivity contribution in [1.29, 1.82) is 0 Å². The van der Waals surface area contributed by atoms with Gasteiger partial charge < -0.3 is 29.5 Å². The number of hydrogen-bond donors (Lipinski definition) is 2. The first kappa shape index (κ1) is 35.9. The molecule has 4 atom stereocenters. The second kappa shape index (κ2) is 17.8. The van der Waals surface area contributed by atoms with Gasteiger partial charge in [-0.05, 0) is 56.0 Å². The smallest absolute Gasteiger partial charge is 0.256 e. The highest BCUT2D eigenvalue weighted by atomic mass is 35.5. The first-order valence-corrected chi connectivity index (χ1v) is 15.6. The van der Waals surface area contributed by atoms with Crippen LogP contribution in [0.25, 0.3) is 0 Å². The van der Waals surface area contributed by atoms with E-state index in [2.05, 4.69) is 0 Å². The zero-order valence-corrected chi connectivity index (χ0v) is 27.0. The van der Waals surface area contributed by atoms with Crippen LogP contribution in [-0.2, 0) is 20.8 Å². The third-order valence-corrected chi connectivity index (χ3v) is 8.20. The van der Waals surface area contributed by atoms with E-state index in [0.29, 0.717) is 44.0 Å². The molecule has 3 rings (SSSR count). The van der Waals surface area contributed by atoms with Crippen molar-refractivity contribution in [2.24, 2.45) is 5.92 Å². The predicted molar refractivity (Wildman–Crippen MR) is 168 cm³/mol. The lowest BCUT2D eigenvalue weighted by atomic mass is 9.99. The van der Waals surface area contributed by atoms with Gasteiger partial charge in [-0.3, -0.25) is 14.5 Å². The first-order valence-electron chi connectivity index (χ1n) is 15.2. The average molecular weight is 636 g/mol. The number of amides is 2. The highest BCUT2D eigenvalue weighted by Crippen LogP contribution is 2.21. The van der Waals surface area contributed by atoms with Crippen LogP contribution >= 0.6 is 11.6 Å². The minimum atomic E-state index is -1.36. The van der Waals surface area contributed by atoms with E-state index in [9.17, 15) is 24.2 Å². The van der Waals surface area contributed by atoms with Crippen LogP contribution in [-0.4, -0.2) is 115 Å². The molecule has 44 heavy (non-hydrogen) atoms. The van der Waals surface area contributed by atoms with E-state index in [1.807, 2.05) is 55.0 Å². The summed E-state index contributed by atoms with van der Waals surface area (Å²) in [5, 5.41) is 22.1. The molecule has 0 spiro atoms. The van der Waals surface area contributed by atoms with Gasteiger partial charge in [0, 0.05) is 51.0 Å². The van der Waals surface area contributed by atoms with Gasteiger partial charge in [0.2, 0.25) is 5.91 Å². The molecule has 0 aliphatic carbocycles. The second-order valence-corrected chi connectivity index (χ2v) is 12.3. The van der Waals surface area contributed by atoms with Crippen LogP contribution in [0, 0.1) is 11.7 Å². The van der Waals surface area contributed by atoms with Crippen molar-refractivity contribution in [3.63, 3.8) is 0 Å². The Hall–Kier alpha value is -2.60. The number of likely N-dealkylation sites (N-methyl/N-ethyl adjacent to an activating group) is 1. The number of benzene rings is 2. The van der Waals surface area contributed by atoms with Crippen LogP contribution in [0.1, 0.15) is 49.0 Å². The lowest BCUT2D eigenvalue weighted by Gasteiger charge is -2.39. The molecule has 0 radical (unpaired) electrons. The Morgan fingerprint density at radius 1 is 1.11 bits per heavy atom. The van der Waals surface area contributed by atoms with E-state index in [1.165, 1.54) is 30.2 Å². The Bertz CT molecular complexity index is 1200. The summed E-state index contributed by atoms with van der Waals surface area (Å²) in [6, 6.07) is 12.8. The number of aliphatic hydroxyl groups excluding tert-OH is 2. The topological polar surface area (TPSA) is 103 Å². The molecule has 2 N–H and O–H groups in total. The van der Waals surface area contributed by atoms with Gasteiger partial charge in [0.05, 0.1) is 18.7 Å². The minimum absolute atomic E-state index is 0.0878. The summed E-state index contributed by atoms with van der Waals surface area (Å²) in [7, 11) is 3.24. The number of hydrogen-bond acceptors (Lipinski definition) is 7. The van der Waals surface area contributed by atoms with Crippen molar-refractivity contribution in [3.05, 3.63) is 70.5 Å². The fraction of sp³-hybridized carbons (Fsp3) is 0.576. The van der Waals surface area contributed by atoms with Crippen LogP contribution in [0.5, 0.6) is 0 Å². The van der Waals surface area contributed by atoms with Crippen molar-refractivity contribution in [1.82, 2.24) is 14.7 Å². The molecule has 1 saturated heterocycles. The molecule has 1 fully saturated rings. The number of rotatable bonds is 8. The minimum Gasteiger partial charge on any atom is -0.388 e. The number of carbonyl (C=O) groups excluding carboxylic acids is 2. The van der Waals surface area contributed by atoms with Gasteiger partial charge in [-0.1, -0.05) is 55.8 Å². The average Bonchev–Trinajstić information content (AvgIpc) is 2.98. The normalized spacial score (nSPS) is 22.7. The van der Waals surface area contributed by atoms with Crippen molar-refractivity contribution in [3.8, 4) is 0 Å². The van der Waals surface area contributed by atoms with E-state index >= 15 is 0 Å². The largest absolute Gasteiger partial charge is 0.388 e. The van der Waals surface area contributed by atoms with Crippen LogP contribution in [0.2, 0.25) is 5.02 Å². The molecule has 2 amide bonds. The molecule has 0 bridgehead atoms. The van der Waals surface area contributed by atoms with Gasteiger partial charge in [0.1, 0.15) is 24.1 Å². The fourth-order valence-electron chi connectivity index (χ4n) is 5.53. The van der Waals surface area contributed by atoms with Gasteiger partial charge in [-0.25, -0.2) is 4.39 Å². The van der Waals surface area contributed by atoms with E-state index in [4.69, 9.17) is 21.1 Å². The number of methoxy groups -OCH3 is 1. The van der Waals surface area contributed by atoms with Crippen LogP contribution < -0.4 is 0 Å². The van der Waals surface area contributed by atoms with Gasteiger partial charge in [0.25, 0.3) is 5.91 Å². The fourth-order valence-corrected chi connectivity index (χ4v) is 5.72. The highest BCUT2D eigenvalue weighted by molar-refractivity contribution is 6.31. The van der Waals surface area contributed by atoms with E-state index in [1.54, 1.807) is 6.07 Å². The van der Waals surface area contributed by atoms with Crippen LogP contribution in [0.3, 0.4) is 0 Å². The quantitative estimate of drug-likeness (QED) is 0.454. The molecule has 1 aliphatic heterocycles. The van der Waals surface area contributed by atoms with Gasteiger partial charge in [-0.15, -0.1) is 0 Å². The molecule has 0 saturated carbocycles. The molecular weight excluding hydrogens is 589 g/mol. The maximum Gasteiger partial charge on any atom is 0.256 e. The summed E-state index contributed by atoms with van der Waals surface area (Å²) in [6.07, 6.45) is -1.75. The highest BCUT2D eigenvalue weighted by Gasteiger charge is 2.34. The summed E-state index contributed by atoms with van der Waals surface area (Å²) in [5.41, 5.74) is 0.789. The first-order chi connectivity index (χ1) is 21.0. The third-order valence-electron chi connectivity index (χ3n) is 7.84. The van der Waals surface area contributed by atoms with Crippen molar-refractivity contribution in [2.45, 2.75) is 64.0 Å². The summed E-state index contributed by atoms with van der Waals surface area (Å²) >= 11 is 6.37. The number of ether oxygens (including phenoxy) is 2. The van der Waals surface area contributed by atoms with Gasteiger partial charge in [-0.2, -0.15) is 0 Å². The van der Waals surface area contributed by atoms with Crippen molar-refractivity contribution >= 4 is 23.4 Å². The molecule has 1 heterocycles. The summed E-state index contributed by atoms with van der Waals surface area (Å²) in [4.78, 5) is 33.0. The monoisotopic (exact) mass is 635 g/mol. The van der Waals surface area contributed by atoms with Crippen LogP contribution in [0.15, 0.2) is 48.5 Å². The van der Waals surface area contributed by atoms with Crippen molar-refractivity contribution in [2.75, 3.05) is 53.6 Å². The summed E-state index contributed by atoms with van der Waals surface area (Å²) in [5.74, 6) is -1.19. The number of nitrogens with zero attached hydrogens (tertiary/aromatic N) is 3. The standard InChI is InChI=1S/C33H47ClFN3O6/c1-23(2)17-25-19-37(33(42)26-12-6-8-14-28(26)35)20-30(43-4)32(41)29(39)22-44-16-10-9-15-38(25)31(40)21-36(3)18-24-11-5-7-13-27(24)34/h5-8,11-14,23,25,29-30,32,39,41H,9-10,15-22H2,1-4H3/t25-,29-,30-,32-/m1/s1. The lowest BCUT2D eigenvalue weighted by Crippen LogP contribution is -2.54. The Kier molecular flexibility index (Phi) is 14.5. The predicted octanol–water partition coefficient (Wildman–Crippen LogP) is 3.84. The molecule has 244 valence electrons. The maximum absolute atomic E-state index is 14.9.